The van der Waals surface area contributed by atoms with Crippen LogP contribution in [0.1, 0.15) is 30.6 Å². The Labute approximate surface area is 75.3 Å². The van der Waals surface area contributed by atoms with E-state index in [1.165, 1.54) is 6.07 Å². The Morgan fingerprint density at radius 1 is 1.46 bits per heavy atom. The van der Waals surface area contributed by atoms with Crippen molar-refractivity contribution in [1.82, 2.24) is 0 Å². The molecule has 70 valence electrons. The van der Waals surface area contributed by atoms with Crippen LogP contribution in [0.4, 0.5) is 8.78 Å². The summed E-state index contributed by atoms with van der Waals surface area (Å²) in [5, 5.41) is 0. The summed E-state index contributed by atoms with van der Waals surface area (Å²) in [6.45, 7) is 2.24. The van der Waals surface area contributed by atoms with Crippen LogP contribution in [0.2, 0.25) is 0 Å². The fourth-order valence-corrected chi connectivity index (χ4v) is 1.71. The van der Waals surface area contributed by atoms with Gasteiger partial charge in [0, 0.05) is 11.6 Å². The molecular formula is C10H10F2O. The first kappa shape index (κ1) is 8.63. The van der Waals surface area contributed by atoms with Crippen molar-refractivity contribution in [3.8, 4) is 0 Å². The third-order valence-electron chi connectivity index (χ3n) is 2.31. The zero-order chi connectivity index (χ0) is 9.42. The molecule has 1 nitrogen and oxygen atoms in total. The van der Waals surface area contributed by atoms with Crippen LogP contribution in [-0.4, -0.2) is 0 Å². The van der Waals surface area contributed by atoms with E-state index in [0.717, 1.165) is 12.5 Å². The standard InChI is InChI=1S/C10H10F2O/c1-2-9-10-6(5-13-9)3-7(11)4-8(10)12/h3-4,9H,2,5H2,1H3/t9-/m0/s1. The molecule has 1 aliphatic heterocycles. The summed E-state index contributed by atoms with van der Waals surface area (Å²) >= 11 is 0. The molecule has 1 aromatic rings. The molecule has 0 spiro atoms. The minimum Gasteiger partial charge on any atom is -0.369 e. The molecule has 1 heterocycles. The molecule has 0 aliphatic carbocycles. The maximum absolute atomic E-state index is 13.3. The van der Waals surface area contributed by atoms with Gasteiger partial charge in [0.1, 0.15) is 11.6 Å². The summed E-state index contributed by atoms with van der Waals surface area (Å²) in [6.07, 6.45) is 0.519. The topological polar surface area (TPSA) is 9.23 Å². The van der Waals surface area contributed by atoms with E-state index in [0.29, 0.717) is 17.7 Å². The fraction of sp³-hybridized carbons (Fsp3) is 0.400. The van der Waals surface area contributed by atoms with Crippen molar-refractivity contribution >= 4 is 0 Å². The van der Waals surface area contributed by atoms with E-state index in [4.69, 9.17) is 4.74 Å². The maximum atomic E-state index is 13.3. The first-order valence-electron chi connectivity index (χ1n) is 4.31. The van der Waals surface area contributed by atoms with Crippen molar-refractivity contribution in [2.45, 2.75) is 26.1 Å². The third-order valence-corrected chi connectivity index (χ3v) is 2.31. The Morgan fingerprint density at radius 2 is 2.23 bits per heavy atom. The van der Waals surface area contributed by atoms with Crippen molar-refractivity contribution < 1.29 is 13.5 Å². The Morgan fingerprint density at radius 3 is 2.92 bits per heavy atom. The van der Waals surface area contributed by atoms with Gasteiger partial charge in [0.15, 0.2) is 0 Å². The van der Waals surface area contributed by atoms with Crippen LogP contribution < -0.4 is 0 Å². The lowest BCUT2D eigenvalue weighted by molar-refractivity contribution is 0.0621. The Kier molecular flexibility index (Phi) is 2.04. The number of ether oxygens (including phenoxy) is 1. The van der Waals surface area contributed by atoms with Gasteiger partial charge in [-0.1, -0.05) is 6.92 Å². The van der Waals surface area contributed by atoms with Crippen LogP contribution in [0, 0.1) is 11.6 Å². The second-order valence-corrected chi connectivity index (χ2v) is 3.17. The van der Waals surface area contributed by atoms with E-state index >= 15 is 0 Å². The molecule has 0 amide bonds. The number of rotatable bonds is 1. The van der Waals surface area contributed by atoms with Gasteiger partial charge in [0.05, 0.1) is 12.7 Å². The van der Waals surface area contributed by atoms with Crippen LogP contribution in [0.5, 0.6) is 0 Å². The van der Waals surface area contributed by atoms with E-state index in [1.54, 1.807) is 0 Å². The van der Waals surface area contributed by atoms with Gasteiger partial charge in [-0.15, -0.1) is 0 Å². The summed E-state index contributed by atoms with van der Waals surface area (Å²) < 4.78 is 31.3. The van der Waals surface area contributed by atoms with Crippen LogP contribution in [-0.2, 0) is 11.3 Å². The van der Waals surface area contributed by atoms with Crippen LogP contribution in [0.15, 0.2) is 12.1 Å². The molecule has 0 saturated carbocycles. The second-order valence-electron chi connectivity index (χ2n) is 3.17. The van der Waals surface area contributed by atoms with E-state index in [1.807, 2.05) is 6.92 Å². The maximum Gasteiger partial charge on any atom is 0.132 e. The monoisotopic (exact) mass is 184 g/mol. The average molecular weight is 184 g/mol. The van der Waals surface area contributed by atoms with Gasteiger partial charge < -0.3 is 4.74 Å². The van der Waals surface area contributed by atoms with Crippen LogP contribution in [0.3, 0.4) is 0 Å². The molecule has 2 rings (SSSR count). The summed E-state index contributed by atoms with van der Waals surface area (Å²) in [6, 6.07) is 2.25. The molecule has 0 fully saturated rings. The molecule has 0 aromatic heterocycles. The number of halogens is 2. The smallest absolute Gasteiger partial charge is 0.132 e. The highest BCUT2D eigenvalue weighted by Gasteiger charge is 2.25. The van der Waals surface area contributed by atoms with Crippen LogP contribution >= 0.6 is 0 Å². The number of fused-ring (bicyclic) bond motifs is 1. The normalized spacial score (nSPS) is 20.4. The minimum absolute atomic E-state index is 0.199. The summed E-state index contributed by atoms with van der Waals surface area (Å²) in [7, 11) is 0. The highest BCUT2D eigenvalue weighted by Crippen LogP contribution is 2.35. The van der Waals surface area contributed by atoms with Gasteiger partial charge in [0.2, 0.25) is 0 Å². The van der Waals surface area contributed by atoms with Gasteiger partial charge >= 0.3 is 0 Å². The van der Waals surface area contributed by atoms with Gasteiger partial charge in [-0.3, -0.25) is 0 Å². The van der Waals surface area contributed by atoms with Crippen LogP contribution in [0.25, 0.3) is 0 Å². The van der Waals surface area contributed by atoms with Gasteiger partial charge in [-0.2, -0.15) is 0 Å². The SMILES string of the molecule is CC[C@@H]1OCc2cc(F)cc(F)c21. The quantitative estimate of drug-likeness (QED) is 0.652. The number of hydrogen-bond donors (Lipinski definition) is 0. The molecule has 1 aromatic carbocycles. The molecule has 3 heteroatoms. The molecule has 0 bridgehead atoms. The Bertz CT molecular complexity index is 336. The predicted molar refractivity (Wildman–Crippen MR) is 44.2 cm³/mol. The van der Waals surface area contributed by atoms with E-state index in [-0.39, 0.29) is 6.10 Å². The first-order valence-corrected chi connectivity index (χ1v) is 4.31. The number of benzene rings is 1. The molecule has 13 heavy (non-hydrogen) atoms. The number of hydrogen-bond acceptors (Lipinski definition) is 1. The lowest BCUT2D eigenvalue weighted by atomic mass is 10.0. The zero-order valence-electron chi connectivity index (χ0n) is 7.31. The van der Waals surface area contributed by atoms with Gasteiger partial charge in [-0.25, -0.2) is 8.78 Å². The predicted octanol–water partition coefficient (Wildman–Crippen LogP) is 2.95. The molecule has 1 aliphatic rings. The summed E-state index contributed by atoms with van der Waals surface area (Å²) in [5.74, 6) is -1.02. The van der Waals surface area contributed by atoms with Crippen molar-refractivity contribution in [3.63, 3.8) is 0 Å². The van der Waals surface area contributed by atoms with Crippen molar-refractivity contribution in [3.05, 3.63) is 34.9 Å². The summed E-state index contributed by atoms with van der Waals surface area (Å²) in [4.78, 5) is 0. The van der Waals surface area contributed by atoms with Crippen molar-refractivity contribution in [1.29, 1.82) is 0 Å². The molecule has 1 atom stereocenters. The Hall–Kier alpha value is -0.960. The summed E-state index contributed by atoms with van der Waals surface area (Å²) in [5.41, 5.74) is 1.17. The fourth-order valence-electron chi connectivity index (χ4n) is 1.71. The zero-order valence-corrected chi connectivity index (χ0v) is 7.31. The molecule has 0 radical (unpaired) electrons. The molecule has 0 saturated heterocycles. The lowest BCUT2D eigenvalue weighted by Gasteiger charge is -2.07. The third kappa shape index (κ3) is 1.33. The van der Waals surface area contributed by atoms with E-state index in [9.17, 15) is 8.78 Å². The van der Waals surface area contributed by atoms with Crippen molar-refractivity contribution in [2.24, 2.45) is 0 Å². The average Bonchev–Trinajstić information content (AvgIpc) is 2.47. The van der Waals surface area contributed by atoms with E-state index in [2.05, 4.69) is 0 Å². The first-order chi connectivity index (χ1) is 6.22. The largest absolute Gasteiger partial charge is 0.369 e. The van der Waals surface area contributed by atoms with Gasteiger partial charge in [-0.05, 0) is 18.1 Å². The molecule has 0 N–H and O–H groups in total. The lowest BCUT2D eigenvalue weighted by Crippen LogP contribution is -1.97. The molecular weight excluding hydrogens is 174 g/mol. The second kappa shape index (κ2) is 3.07. The highest BCUT2D eigenvalue weighted by molar-refractivity contribution is 5.33. The highest BCUT2D eigenvalue weighted by atomic mass is 19.1. The molecule has 0 unspecified atom stereocenters. The van der Waals surface area contributed by atoms with Crippen molar-refractivity contribution in [2.75, 3.05) is 0 Å². The van der Waals surface area contributed by atoms with Gasteiger partial charge in [0.25, 0.3) is 0 Å². The Balaban J connectivity index is 2.51. The van der Waals surface area contributed by atoms with E-state index < -0.39 is 11.6 Å². The minimum atomic E-state index is -0.531.